The number of nitrogens with two attached hydrogens (primary N) is 1. The van der Waals surface area contributed by atoms with E-state index in [9.17, 15) is 0 Å². The molecule has 0 fully saturated rings. The van der Waals surface area contributed by atoms with Crippen LogP contribution < -0.4 is 5.73 Å². The third-order valence-corrected chi connectivity index (χ3v) is 5.10. The summed E-state index contributed by atoms with van der Waals surface area (Å²) in [5.41, 5.74) is 11.9. The maximum absolute atomic E-state index is 5.42. The van der Waals surface area contributed by atoms with E-state index in [4.69, 9.17) is 10.7 Å². The third kappa shape index (κ3) is 3.43. The van der Waals surface area contributed by atoms with Gasteiger partial charge < -0.3 is 10.7 Å². The first kappa shape index (κ1) is 19.4. The van der Waals surface area contributed by atoms with E-state index in [1.54, 1.807) is 24.7 Å². The molecule has 32 heavy (non-hydrogen) atoms. The average Bonchev–Trinajstić information content (AvgIpc) is 3.46. The molecule has 0 atom stereocenters. The van der Waals surface area contributed by atoms with Gasteiger partial charge in [-0.2, -0.15) is 5.10 Å². The lowest BCUT2D eigenvalue weighted by Gasteiger charge is -2.02. The van der Waals surface area contributed by atoms with E-state index in [1.807, 2.05) is 49.4 Å². The van der Waals surface area contributed by atoms with Crippen molar-refractivity contribution in [1.29, 1.82) is 0 Å². The van der Waals surface area contributed by atoms with Crippen molar-refractivity contribution in [1.82, 2.24) is 35.1 Å². The van der Waals surface area contributed by atoms with Gasteiger partial charge in [-0.25, -0.2) is 9.97 Å². The summed E-state index contributed by atoms with van der Waals surface area (Å²) in [5.74, 6) is 0.662. The van der Waals surface area contributed by atoms with E-state index < -0.39 is 0 Å². The highest BCUT2D eigenvalue weighted by Crippen LogP contribution is 2.30. The molecule has 0 radical (unpaired) electrons. The van der Waals surface area contributed by atoms with Gasteiger partial charge in [-0.05, 0) is 49.0 Å². The Morgan fingerprint density at radius 2 is 2.00 bits per heavy atom. The number of nitrogens with zero attached hydrogens (tertiary/aromatic N) is 5. The molecule has 0 amide bonds. The lowest BCUT2D eigenvalue weighted by Crippen LogP contribution is -1.88. The largest absolute Gasteiger partial charge is 0.405 e. The standard InChI is InChI=1S/C24H20N8/c1-2-15(7-3-5-10-25)16-13-17-20(31-32-23(17)28-14-16)24-29-19-9-12-27-21(22(19)30-24)18-8-4-6-11-26-18/h2-14H,25H2,1H3,(H,29,30)(H,28,31,32)/b7-3-,10-5-,15-2-. The van der Waals surface area contributed by atoms with Crippen LogP contribution in [0.2, 0.25) is 0 Å². The lowest BCUT2D eigenvalue weighted by atomic mass is 10.1. The van der Waals surface area contributed by atoms with Crippen LogP contribution in [-0.4, -0.2) is 35.1 Å². The van der Waals surface area contributed by atoms with Gasteiger partial charge in [0.2, 0.25) is 0 Å². The smallest absolute Gasteiger partial charge is 0.181 e. The van der Waals surface area contributed by atoms with Gasteiger partial charge in [-0.3, -0.25) is 15.1 Å². The molecule has 0 saturated carbocycles. The van der Waals surface area contributed by atoms with Crippen molar-refractivity contribution in [3.05, 3.63) is 85.0 Å². The number of hydrogen-bond donors (Lipinski definition) is 3. The highest BCUT2D eigenvalue weighted by atomic mass is 15.2. The Kier molecular flexibility index (Phi) is 5.01. The van der Waals surface area contributed by atoms with Gasteiger partial charge in [-0.1, -0.05) is 24.3 Å². The van der Waals surface area contributed by atoms with Gasteiger partial charge in [0.15, 0.2) is 11.5 Å². The summed E-state index contributed by atoms with van der Waals surface area (Å²) in [4.78, 5) is 21.6. The molecule has 0 aliphatic carbocycles. The van der Waals surface area contributed by atoms with Crippen molar-refractivity contribution in [3.63, 3.8) is 0 Å². The van der Waals surface area contributed by atoms with Crippen molar-refractivity contribution in [2.24, 2.45) is 5.73 Å². The molecule has 0 aliphatic heterocycles. The molecule has 5 aromatic rings. The molecule has 0 aromatic carbocycles. The van der Waals surface area contributed by atoms with Crippen molar-refractivity contribution < 1.29 is 0 Å². The molecule has 5 aromatic heterocycles. The maximum Gasteiger partial charge on any atom is 0.181 e. The van der Waals surface area contributed by atoms with Crippen LogP contribution in [0.5, 0.6) is 0 Å². The normalized spacial score (nSPS) is 12.6. The Morgan fingerprint density at radius 3 is 2.81 bits per heavy atom. The molecule has 0 aliphatic rings. The molecule has 156 valence electrons. The molecule has 8 nitrogen and oxygen atoms in total. The summed E-state index contributed by atoms with van der Waals surface area (Å²) >= 11 is 0. The lowest BCUT2D eigenvalue weighted by molar-refractivity contribution is 1.09. The summed E-state index contributed by atoms with van der Waals surface area (Å²) in [6.07, 6.45) is 14.5. The van der Waals surface area contributed by atoms with Gasteiger partial charge >= 0.3 is 0 Å². The van der Waals surface area contributed by atoms with Crippen molar-refractivity contribution >= 4 is 27.6 Å². The Labute approximate surface area is 183 Å². The first-order valence-corrected chi connectivity index (χ1v) is 10.1. The Hall–Kier alpha value is -4.59. The molecule has 4 N–H and O–H groups in total. The predicted molar refractivity (Wildman–Crippen MR) is 126 cm³/mol. The van der Waals surface area contributed by atoms with Crippen LogP contribution in [0.3, 0.4) is 0 Å². The van der Waals surface area contributed by atoms with Crippen molar-refractivity contribution in [2.45, 2.75) is 6.92 Å². The van der Waals surface area contributed by atoms with Crippen molar-refractivity contribution in [3.8, 4) is 22.9 Å². The summed E-state index contributed by atoms with van der Waals surface area (Å²) in [5, 5.41) is 8.31. The first-order chi connectivity index (χ1) is 15.8. The molecule has 8 heteroatoms. The highest BCUT2D eigenvalue weighted by Gasteiger charge is 2.16. The minimum atomic E-state index is 0.619. The van der Waals surface area contributed by atoms with Crippen LogP contribution >= 0.6 is 0 Å². The number of imidazole rings is 1. The van der Waals surface area contributed by atoms with Crippen LogP contribution in [0.4, 0.5) is 0 Å². The first-order valence-electron chi connectivity index (χ1n) is 10.1. The van der Waals surface area contributed by atoms with Gasteiger partial charge in [0.1, 0.15) is 16.9 Å². The molecule has 5 rings (SSSR count). The summed E-state index contributed by atoms with van der Waals surface area (Å²) in [6, 6.07) is 9.68. The minimum Gasteiger partial charge on any atom is -0.405 e. The fourth-order valence-corrected chi connectivity index (χ4v) is 3.56. The average molecular weight is 420 g/mol. The second kappa shape index (κ2) is 8.27. The summed E-state index contributed by atoms with van der Waals surface area (Å²) in [6.45, 7) is 1.98. The number of allylic oxidation sites excluding steroid dienone is 5. The van der Waals surface area contributed by atoms with Gasteiger partial charge in [-0.15, -0.1) is 0 Å². The maximum atomic E-state index is 5.42. The topological polar surface area (TPSA) is 122 Å². The van der Waals surface area contributed by atoms with E-state index in [0.717, 1.165) is 44.6 Å². The fraction of sp³-hybridized carbons (Fsp3) is 0.0417. The number of rotatable bonds is 5. The molecule has 0 unspecified atom stereocenters. The van der Waals surface area contributed by atoms with Crippen LogP contribution in [-0.2, 0) is 0 Å². The Morgan fingerprint density at radius 1 is 1.06 bits per heavy atom. The Bertz CT molecular complexity index is 1490. The number of pyridine rings is 3. The summed E-state index contributed by atoms with van der Waals surface area (Å²) < 4.78 is 0. The summed E-state index contributed by atoms with van der Waals surface area (Å²) in [7, 11) is 0. The zero-order valence-electron chi connectivity index (χ0n) is 17.3. The van der Waals surface area contributed by atoms with Crippen molar-refractivity contribution in [2.75, 3.05) is 0 Å². The molecular formula is C24H20N8. The van der Waals surface area contributed by atoms with E-state index in [2.05, 4.69) is 36.2 Å². The SMILES string of the molecule is C/C=C(/C=C\C=C/N)c1cnc2n[nH]c(-c3nc4c(-c5ccccn5)nccc4[nH]3)c2c1. The van der Waals surface area contributed by atoms with E-state index >= 15 is 0 Å². The zero-order valence-corrected chi connectivity index (χ0v) is 17.3. The van der Waals surface area contributed by atoms with Gasteiger partial charge in [0, 0.05) is 24.2 Å². The van der Waals surface area contributed by atoms with Crippen LogP contribution in [0.1, 0.15) is 12.5 Å². The zero-order chi connectivity index (χ0) is 21.9. The molecule has 0 saturated heterocycles. The minimum absolute atomic E-state index is 0.619. The third-order valence-electron chi connectivity index (χ3n) is 5.10. The van der Waals surface area contributed by atoms with E-state index in [1.165, 1.54) is 6.20 Å². The highest BCUT2D eigenvalue weighted by molar-refractivity contribution is 5.95. The molecule has 0 bridgehead atoms. The molecular weight excluding hydrogens is 400 g/mol. The quantitative estimate of drug-likeness (QED) is 0.363. The number of nitrogens with one attached hydrogen (secondary N) is 2. The second-order valence-corrected chi connectivity index (χ2v) is 7.04. The van der Waals surface area contributed by atoms with Crippen LogP contribution in [0, 0.1) is 0 Å². The van der Waals surface area contributed by atoms with Crippen LogP contribution in [0.15, 0.2) is 79.4 Å². The number of aromatic amines is 2. The monoisotopic (exact) mass is 420 g/mol. The Balaban J connectivity index is 1.62. The van der Waals surface area contributed by atoms with E-state index in [-0.39, 0.29) is 0 Å². The van der Waals surface area contributed by atoms with E-state index in [0.29, 0.717) is 11.5 Å². The number of H-pyrrole nitrogens is 2. The van der Waals surface area contributed by atoms with Gasteiger partial charge in [0.05, 0.1) is 16.6 Å². The predicted octanol–water partition coefficient (Wildman–Crippen LogP) is 4.39. The van der Waals surface area contributed by atoms with Crippen LogP contribution in [0.25, 0.3) is 50.5 Å². The number of hydrogen-bond acceptors (Lipinski definition) is 6. The number of fused-ring (bicyclic) bond motifs is 2. The second-order valence-electron chi connectivity index (χ2n) is 7.04. The van der Waals surface area contributed by atoms with Gasteiger partial charge in [0.25, 0.3) is 0 Å². The fourth-order valence-electron chi connectivity index (χ4n) is 3.56. The number of aromatic nitrogens is 7. The molecule has 5 heterocycles. The molecule has 0 spiro atoms.